The molecule has 0 spiro atoms. The molecule has 7 heteroatoms. The highest BCUT2D eigenvalue weighted by atomic mass is 35.5. The number of nitrogens with one attached hydrogen (secondary N) is 1. The Balaban J connectivity index is 1.98. The standard InChI is InChI=1S/C15H12Cl2N2O2S/c1-20-12-6-11-14(7-13(12)21-2)22-15(19-11)18-10-4-8(16)3-9(17)5-10/h3-7H,1-2H3,(H,18,19). The largest absolute Gasteiger partial charge is 0.493 e. The van der Waals surface area contributed by atoms with Gasteiger partial charge in [0.15, 0.2) is 16.6 Å². The Morgan fingerprint density at radius 2 is 1.59 bits per heavy atom. The van der Waals surface area contributed by atoms with E-state index in [-0.39, 0.29) is 0 Å². The lowest BCUT2D eigenvalue weighted by molar-refractivity contribution is 0.356. The number of anilines is 2. The van der Waals surface area contributed by atoms with E-state index in [1.807, 2.05) is 12.1 Å². The van der Waals surface area contributed by atoms with Crippen molar-refractivity contribution in [3.63, 3.8) is 0 Å². The van der Waals surface area contributed by atoms with Crippen molar-refractivity contribution in [1.82, 2.24) is 4.98 Å². The van der Waals surface area contributed by atoms with Gasteiger partial charge in [-0.2, -0.15) is 0 Å². The fraction of sp³-hybridized carbons (Fsp3) is 0.133. The third kappa shape index (κ3) is 3.06. The van der Waals surface area contributed by atoms with Gasteiger partial charge in [0.25, 0.3) is 0 Å². The molecular weight excluding hydrogens is 343 g/mol. The maximum atomic E-state index is 6.00. The van der Waals surface area contributed by atoms with Gasteiger partial charge in [-0.1, -0.05) is 34.5 Å². The predicted molar refractivity (Wildman–Crippen MR) is 92.5 cm³/mol. The van der Waals surface area contributed by atoms with E-state index in [9.17, 15) is 0 Å². The summed E-state index contributed by atoms with van der Waals surface area (Å²) in [5.41, 5.74) is 1.62. The number of thiazole rings is 1. The second-order valence-corrected chi connectivity index (χ2v) is 6.38. The van der Waals surface area contributed by atoms with Gasteiger partial charge < -0.3 is 14.8 Å². The second kappa shape index (κ2) is 6.20. The van der Waals surface area contributed by atoms with Crippen molar-refractivity contribution in [2.45, 2.75) is 0 Å². The van der Waals surface area contributed by atoms with E-state index in [0.29, 0.717) is 21.5 Å². The third-order valence-electron chi connectivity index (χ3n) is 3.01. The summed E-state index contributed by atoms with van der Waals surface area (Å²) in [5.74, 6) is 1.33. The Bertz CT molecular complexity index is 775. The molecule has 0 saturated heterocycles. The lowest BCUT2D eigenvalue weighted by Gasteiger charge is -2.05. The zero-order chi connectivity index (χ0) is 15.7. The lowest BCUT2D eigenvalue weighted by Crippen LogP contribution is -1.90. The number of hydrogen-bond donors (Lipinski definition) is 1. The van der Waals surface area contributed by atoms with E-state index in [1.54, 1.807) is 32.4 Å². The molecule has 22 heavy (non-hydrogen) atoms. The van der Waals surface area contributed by atoms with Crippen molar-refractivity contribution >= 4 is 55.6 Å². The summed E-state index contributed by atoms with van der Waals surface area (Å²) in [5, 5.41) is 5.08. The number of halogens is 2. The van der Waals surface area contributed by atoms with Gasteiger partial charge in [-0.15, -0.1) is 0 Å². The molecule has 0 aliphatic carbocycles. The number of nitrogens with zero attached hydrogens (tertiary/aromatic N) is 1. The predicted octanol–water partition coefficient (Wildman–Crippen LogP) is 5.36. The van der Waals surface area contributed by atoms with Crippen molar-refractivity contribution in [2.24, 2.45) is 0 Å². The van der Waals surface area contributed by atoms with E-state index in [2.05, 4.69) is 10.3 Å². The molecule has 0 aliphatic heterocycles. The number of ether oxygens (including phenoxy) is 2. The van der Waals surface area contributed by atoms with Gasteiger partial charge in [0, 0.05) is 27.9 Å². The van der Waals surface area contributed by atoms with Gasteiger partial charge in [-0.25, -0.2) is 4.98 Å². The van der Waals surface area contributed by atoms with Gasteiger partial charge in [0.1, 0.15) is 0 Å². The SMILES string of the molecule is COc1cc2nc(Nc3cc(Cl)cc(Cl)c3)sc2cc1OC. The van der Waals surface area contributed by atoms with Crippen LogP contribution in [-0.2, 0) is 0 Å². The molecule has 0 fully saturated rings. The fourth-order valence-corrected chi connectivity index (χ4v) is 3.48. The molecule has 2 aromatic carbocycles. The van der Waals surface area contributed by atoms with E-state index in [1.165, 1.54) is 11.3 Å². The summed E-state index contributed by atoms with van der Waals surface area (Å²) in [4.78, 5) is 4.54. The summed E-state index contributed by atoms with van der Waals surface area (Å²) in [6.07, 6.45) is 0. The number of hydrogen-bond acceptors (Lipinski definition) is 5. The summed E-state index contributed by atoms with van der Waals surface area (Å²) < 4.78 is 11.6. The average Bonchev–Trinajstić information content (AvgIpc) is 2.85. The van der Waals surface area contributed by atoms with Gasteiger partial charge in [-0.3, -0.25) is 0 Å². The maximum Gasteiger partial charge on any atom is 0.188 e. The van der Waals surface area contributed by atoms with Crippen LogP contribution in [0.4, 0.5) is 10.8 Å². The van der Waals surface area contributed by atoms with Crippen LogP contribution in [0.25, 0.3) is 10.2 Å². The molecule has 1 heterocycles. The number of fused-ring (bicyclic) bond motifs is 1. The maximum absolute atomic E-state index is 6.00. The molecule has 0 atom stereocenters. The highest BCUT2D eigenvalue weighted by Crippen LogP contribution is 2.37. The van der Waals surface area contributed by atoms with Crippen molar-refractivity contribution in [1.29, 1.82) is 0 Å². The van der Waals surface area contributed by atoms with Crippen LogP contribution in [0.15, 0.2) is 30.3 Å². The molecule has 3 rings (SSSR count). The molecular formula is C15H12Cl2N2O2S. The normalized spacial score (nSPS) is 10.7. The Hall–Kier alpha value is -1.69. The van der Waals surface area contributed by atoms with Crippen LogP contribution in [0.3, 0.4) is 0 Å². The minimum Gasteiger partial charge on any atom is -0.493 e. The summed E-state index contributed by atoms with van der Waals surface area (Å²) >= 11 is 13.5. The van der Waals surface area contributed by atoms with Crippen LogP contribution in [0.5, 0.6) is 11.5 Å². The molecule has 0 amide bonds. The van der Waals surface area contributed by atoms with Gasteiger partial charge in [0.2, 0.25) is 0 Å². The minimum atomic E-state index is 0.569. The van der Waals surface area contributed by atoms with Crippen LogP contribution >= 0.6 is 34.5 Å². The number of benzene rings is 2. The number of aromatic nitrogens is 1. The van der Waals surface area contributed by atoms with Crippen molar-refractivity contribution < 1.29 is 9.47 Å². The first-order valence-electron chi connectivity index (χ1n) is 6.34. The van der Waals surface area contributed by atoms with Crippen molar-refractivity contribution in [2.75, 3.05) is 19.5 Å². The van der Waals surface area contributed by atoms with Crippen molar-refractivity contribution in [3.05, 3.63) is 40.4 Å². The Morgan fingerprint density at radius 3 is 2.23 bits per heavy atom. The molecule has 4 nitrogen and oxygen atoms in total. The molecule has 0 saturated carbocycles. The number of methoxy groups -OCH3 is 2. The zero-order valence-corrected chi connectivity index (χ0v) is 14.1. The highest BCUT2D eigenvalue weighted by Gasteiger charge is 2.11. The molecule has 0 aliphatic rings. The molecule has 114 valence electrons. The first-order valence-corrected chi connectivity index (χ1v) is 7.92. The molecule has 0 radical (unpaired) electrons. The Kier molecular flexibility index (Phi) is 4.29. The van der Waals surface area contributed by atoms with Crippen LogP contribution in [0.1, 0.15) is 0 Å². The molecule has 0 bridgehead atoms. The second-order valence-electron chi connectivity index (χ2n) is 4.48. The monoisotopic (exact) mass is 354 g/mol. The number of rotatable bonds is 4. The van der Waals surface area contributed by atoms with E-state index < -0.39 is 0 Å². The van der Waals surface area contributed by atoms with Crippen LogP contribution in [0, 0.1) is 0 Å². The molecule has 1 N–H and O–H groups in total. The molecule has 1 aromatic heterocycles. The molecule has 3 aromatic rings. The first kappa shape index (κ1) is 15.2. The smallest absolute Gasteiger partial charge is 0.188 e. The van der Waals surface area contributed by atoms with Gasteiger partial charge >= 0.3 is 0 Å². The third-order valence-corrected chi connectivity index (χ3v) is 4.38. The van der Waals surface area contributed by atoms with E-state index in [4.69, 9.17) is 32.7 Å². The van der Waals surface area contributed by atoms with E-state index in [0.717, 1.165) is 21.0 Å². The zero-order valence-electron chi connectivity index (χ0n) is 11.8. The van der Waals surface area contributed by atoms with Gasteiger partial charge in [0.05, 0.1) is 24.4 Å². The van der Waals surface area contributed by atoms with Crippen molar-refractivity contribution in [3.8, 4) is 11.5 Å². The quantitative estimate of drug-likeness (QED) is 0.684. The highest BCUT2D eigenvalue weighted by molar-refractivity contribution is 7.22. The fourth-order valence-electron chi connectivity index (χ4n) is 2.06. The van der Waals surface area contributed by atoms with Crippen LogP contribution in [0.2, 0.25) is 10.0 Å². The summed E-state index contributed by atoms with van der Waals surface area (Å²) in [6.45, 7) is 0. The minimum absolute atomic E-state index is 0.569. The first-order chi connectivity index (χ1) is 10.6. The Morgan fingerprint density at radius 1 is 0.955 bits per heavy atom. The summed E-state index contributed by atoms with van der Waals surface area (Å²) in [6, 6.07) is 9.02. The lowest BCUT2D eigenvalue weighted by atomic mass is 10.3. The average molecular weight is 355 g/mol. The van der Waals surface area contributed by atoms with Crippen LogP contribution < -0.4 is 14.8 Å². The molecule has 0 unspecified atom stereocenters. The topological polar surface area (TPSA) is 43.4 Å². The Labute approximate surface area is 141 Å². The van der Waals surface area contributed by atoms with Gasteiger partial charge in [-0.05, 0) is 18.2 Å². The summed E-state index contributed by atoms with van der Waals surface area (Å²) in [7, 11) is 3.21. The van der Waals surface area contributed by atoms with E-state index >= 15 is 0 Å². The van der Waals surface area contributed by atoms with Crippen LogP contribution in [-0.4, -0.2) is 19.2 Å².